The Bertz CT molecular complexity index is 485. The predicted octanol–water partition coefficient (Wildman–Crippen LogP) is 1.81. The van der Waals surface area contributed by atoms with Gasteiger partial charge in [0.05, 0.1) is 4.47 Å². The average molecular weight is 346 g/mol. The van der Waals surface area contributed by atoms with E-state index in [4.69, 9.17) is 4.74 Å². The van der Waals surface area contributed by atoms with Gasteiger partial charge in [-0.2, -0.15) is 0 Å². The third-order valence-corrected chi connectivity index (χ3v) is 4.91. The summed E-state index contributed by atoms with van der Waals surface area (Å²) in [5, 5.41) is 0. The van der Waals surface area contributed by atoms with Gasteiger partial charge < -0.3 is 9.64 Å². The van der Waals surface area contributed by atoms with Crippen molar-refractivity contribution < 1.29 is 13.7 Å². The molecule has 2 rings (SSSR count). The van der Waals surface area contributed by atoms with E-state index >= 15 is 0 Å². The van der Waals surface area contributed by atoms with E-state index in [0.29, 0.717) is 30.3 Å². The first kappa shape index (κ1) is 14.5. The zero-order valence-electron chi connectivity index (χ0n) is 10.7. The highest BCUT2D eigenvalue weighted by Crippen LogP contribution is 2.25. The molecule has 0 radical (unpaired) electrons. The fraction of sp³-hybridized carbons (Fsp3) is 0.462. The molecule has 104 valence electrons. The lowest BCUT2D eigenvalue weighted by molar-refractivity contribution is -0.137. The van der Waals surface area contributed by atoms with E-state index in [9.17, 15) is 9.00 Å². The number of hydrogen-bond donors (Lipinski definition) is 0. The molecule has 1 aliphatic heterocycles. The number of carbonyl (C=O) groups is 1. The first-order valence-electron chi connectivity index (χ1n) is 6.13. The van der Waals surface area contributed by atoms with Gasteiger partial charge in [0.15, 0.2) is 6.10 Å². The molecule has 0 aliphatic carbocycles. The molecule has 1 amide bonds. The number of nitrogens with zero attached hydrogens (tertiary/aromatic N) is 1. The van der Waals surface area contributed by atoms with Crippen LogP contribution in [-0.4, -0.2) is 45.7 Å². The molecule has 19 heavy (non-hydrogen) atoms. The van der Waals surface area contributed by atoms with Crippen molar-refractivity contribution >= 4 is 32.6 Å². The normalized spacial score (nSPS) is 18.1. The summed E-state index contributed by atoms with van der Waals surface area (Å²) in [5.74, 6) is 1.73. The monoisotopic (exact) mass is 345 g/mol. The van der Waals surface area contributed by atoms with E-state index in [1.165, 1.54) is 0 Å². The second kappa shape index (κ2) is 6.52. The molecular formula is C13H16BrNO3S. The maximum absolute atomic E-state index is 12.2. The largest absolute Gasteiger partial charge is 0.480 e. The smallest absolute Gasteiger partial charge is 0.263 e. The van der Waals surface area contributed by atoms with Crippen LogP contribution in [0.15, 0.2) is 28.7 Å². The van der Waals surface area contributed by atoms with Crippen molar-refractivity contribution in [3.63, 3.8) is 0 Å². The van der Waals surface area contributed by atoms with Gasteiger partial charge in [0.25, 0.3) is 5.91 Å². The first-order chi connectivity index (χ1) is 9.08. The van der Waals surface area contributed by atoms with Gasteiger partial charge in [-0.1, -0.05) is 12.1 Å². The lowest BCUT2D eigenvalue weighted by Crippen LogP contribution is -2.47. The molecule has 1 fully saturated rings. The van der Waals surface area contributed by atoms with Gasteiger partial charge in [0, 0.05) is 35.4 Å². The summed E-state index contributed by atoms with van der Waals surface area (Å²) in [4.78, 5) is 13.9. The highest BCUT2D eigenvalue weighted by molar-refractivity contribution is 9.10. The summed E-state index contributed by atoms with van der Waals surface area (Å²) in [6.45, 7) is 2.84. The molecule has 0 aromatic heterocycles. The Morgan fingerprint density at radius 1 is 1.37 bits per heavy atom. The Balaban J connectivity index is 1.96. The van der Waals surface area contributed by atoms with E-state index in [0.717, 1.165) is 4.47 Å². The Morgan fingerprint density at radius 2 is 2.00 bits per heavy atom. The number of amides is 1. The fourth-order valence-corrected chi connectivity index (χ4v) is 3.33. The van der Waals surface area contributed by atoms with E-state index in [1.807, 2.05) is 24.3 Å². The zero-order chi connectivity index (χ0) is 13.8. The summed E-state index contributed by atoms with van der Waals surface area (Å²) >= 11 is 3.39. The Labute approximate surface area is 123 Å². The standard InChI is InChI=1S/C13H16BrNO3S/c1-10(18-12-5-3-2-4-11(12)14)13(16)15-6-8-19(17)9-7-15/h2-5,10H,6-9H2,1H3. The molecule has 1 saturated heterocycles. The van der Waals surface area contributed by atoms with Gasteiger partial charge in [-0.25, -0.2) is 0 Å². The van der Waals surface area contributed by atoms with Crippen LogP contribution in [-0.2, 0) is 15.6 Å². The molecule has 6 heteroatoms. The van der Waals surface area contributed by atoms with Crippen molar-refractivity contribution in [1.29, 1.82) is 0 Å². The van der Waals surface area contributed by atoms with Crippen molar-refractivity contribution in [1.82, 2.24) is 4.90 Å². The Morgan fingerprint density at radius 3 is 2.63 bits per heavy atom. The molecule has 1 unspecified atom stereocenters. The fourth-order valence-electron chi connectivity index (χ4n) is 1.90. The Kier molecular flexibility index (Phi) is 4.99. The van der Waals surface area contributed by atoms with Crippen LogP contribution in [0.3, 0.4) is 0 Å². The minimum absolute atomic E-state index is 0.0487. The lowest BCUT2D eigenvalue weighted by Gasteiger charge is -2.29. The molecule has 0 saturated carbocycles. The molecule has 1 aliphatic rings. The van der Waals surface area contributed by atoms with Crippen molar-refractivity contribution in [3.05, 3.63) is 28.7 Å². The van der Waals surface area contributed by atoms with Crippen LogP contribution in [0.2, 0.25) is 0 Å². The third-order valence-electron chi connectivity index (χ3n) is 2.98. The number of ether oxygens (including phenoxy) is 1. The number of hydrogen-bond acceptors (Lipinski definition) is 3. The van der Waals surface area contributed by atoms with Gasteiger partial charge in [-0.3, -0.25) is 9.00 Å². The Hall–Kier alpha value is -0.880. The highest BCUT2D eigenvalue weighted by atomic mass is 79.9. The summed E-state index contributed by atoms with van der Waals surface area (Å²) in [5.41, 5.74) is 0. The van der Waals surface area contributed by atoms with Crippen molar-refractivity contribution in [2.75, 3.05) is 24.6 Å². The van der Waals surface area contributed by atoms with Gasteiger partial charge in [0.1, 0.15) is 5.75 Å². The molecule has 0 spiro atoms. The summed E-state index contributed by atoms with van der Waals surface area (Å²) in [6.07, 6.45) is -0.537. The number of carbonyl (C=O) groups excluding carboxylic acids is 1. The second-order valence-electron chi connectivity index (χ2n) is 4.36. The van der Waals surface area contributed by atoms with Crippen LogP contribution >= 0.6 is 15.9 Å². The topological polar surface area (TPSA) is 46.6 Å². The molecule has 0 bridgehead atoms. The van der Waals surface area contributed by atoms with Crippen LogP contribution in [0, 0.1) is 0 Å². The molecule has 0 N–H and O–H groups in total. The lowest BCUT2D eigenvalue weighted by atomic mass is 10.3. The quantitative estimate of drug-likeness (QED) is 0.839. The van der Waals surface area contributed by atoms with Crippen LogP contribution in [0.1, 0.15) is 6.92 Å². The van der Waals surface area contributed by atoms with E-state index in [-0.39, 0.29) is 5.91 Å². The molecule has 1 aromatic carbocycles. The average Bonchev–Trinajstić information content (AvgIpc) is 2.41. The summed E-state index contributed by atoms with van der Waals surface area (Å²) in [6, 6.07) is 7.44. The number of para-hydroxylation sites is 1. The van der Waals surface area contributed by atoms with Crippen LogP contribution in [0.25, 0.3) is 0 Å². The number of rotatable bonds is 3. The molecule has 1 heterocycles. The molecular weight excluding hydrogens is 330 g/mol. The zero-order valence-corrected chi connectivity index (χ0v) is 13.1. The number of benzene rings is 1. The maximum atomic E-state index is 12.2. The van der Waals surface area contributed by atoms with Crippen LogP contribution < -0.4 is 4.74 Å². The SMILES string of the molecule is CC(Oc1ccccc1Br)C(=O)N1CCS(=O)CC1. The third kappa shape index (κ3) is 3.79. The van der Waals surface area contributed by atoms with Gasteiger partial charge in [-0.05, 0) is 35.0 Å². The van der Waals surface area contributed by atoms with Gasteiger partial charge in [0.2, 0.25) is 0 Å². The minimum Gasteiger partial charge on any atom is -0.480 e. The van der Waals surface area contributed by atoms with E-state index in [1.54, 1.807) is 11.8 Å². The summed E-state index contributed by atoms with van der Waals surface area (Å²) < 4.78 is 17.8. The molecule has 1 atom stereocenters. The summed E-state index contributed by atoms with van der Waals surface area (Å²) in [7, 11) is -0.774. The maximum Gasteiger partial charge on any atom is 0.263 e. The van der Waals surface area contributed by atoms with Crippen molar-refractivity contribution in [3.8, 4) is 5.75 Å². The molecule has 1 aromatic rings. The molecule has 4 nitrogen and oxygen atoms in total. The van der Waals surface area contributed by atoms with Crippen LogP contribution in [0.4, 0.5) is 0 Å². The van der Waals surface area contributed by atoms with Crippen LogP contribution in [0.5, 0.6) is 5.75 Å². The number of halogens is 1. The van der Waals surface area contributed by atoms with Crippen molar-refractivity contribution in [2.24, 2.45) is 0 Å². The second-order valence-corrected chi connectivity index (χ2v) is 6.91. The van der Waals surface area contributed by atoms with Crippen molar-refractivity contribution in [2.45, 2.75) is 13.0 Å². The van der Waals surface area contributed by atoms with Gasteiger partial charge >= 0.3 is 0 Å². The first-order valence-corrected chi connectivity index (χ1v) is 8.41. The van der Waals surface area contributed by atoms with Gasteiger partial charge in [-0.15, -0.1) is 0 Å². The van der Waals surface area contributed by atoms with E-state index < -0.39 is 16.9 Å². The highest BCUT2D eigenvalue weighted by Gasteiger charge is 2.25. The minimum atomic E-state index is -0.774. The predicted molar refractivity (Wildman–Crippen MR) is 78.7 cm³/mol. The van der Waals surface area contributed by atoms with E-state index in [2.05, 4.69) is 15.9 Å².